The van der Waals surface area contributed by atoms with E-state index >= 15 is 0 Å². The van der Waals surface area contributed by atoms with E-state index < -0.39 is 15.8 Å². The third-order valence-electron chi connectivity index (χ3n) is 5.15. The molecule has 0 saturated carbocycles. The van der Waals surface area contributed by atoms with Crippen LogP contribution in [0.3, 0.4) is 0 Å². The van der Waals surface area contributed by atoms with Crippen molar-refractivity contribution in [3.8, 4) is 0 Å². The van der Waals surface area contributed by atoms with E-state index in [2.05, 4.69) is 6.92 Å². The molecule has 144 valence electrons. The highest BCUT2D eigenvalue weighted by Gasteiger charge is 2.31. The van der Waals surface area contributed by atoms with Crippen molar-refractivity contribution < 1.29 is 17.6 Å². The molecule has 0 aliphatic carbocycles. The van der Waals surface area contributed by atoms with E-state index in [0.717, 1.165) is 32.0 Å². The van der Waals surface area contributed by atoms with Crippen LogP contribution >= 0.6 is 0 Å². The first kappa shape index (κ1) is 19.3. The molecular formula is C18H26FN3O3S. The average Bonchev–Trinajstić information content (AvgIpc) is 2.62. The molecule has 1 atom stereocenters. The lowest BCUT2D eigenvalue weighted by Crippen LogP contribution is -2.52. The van der Waals surface area contributed by atoms with Crippen LogP contribution in [-0.4, -0.2) is 74.2 Å². The summed E-state index contributed by atoms with van der Waals surface area (Å²) in [5.74, 6) is -0.0817. The van der Waals surface area contributed by atoms with Crippen LogP contribution in [0, 0.1) is 11.7 Å². The summed E-state index contributed by atoms with van der Waals surface area (Å²) in [6.07, 6.45) is 2.21. The maximum absolute atomic E-state index is 13.9. The largest absolute Gasteiger partial charge is 0.341 e. The molecule has 0 unspecified atom stereocenters. The Balaban J connectivity index is 1.56. The predicted molar refractivity (Wildman–Crippen MR) is 96.6 cm³/mol. The Bertz CT molecular complexity index is 748. The SMILES string of the molecule is C[C@@H]1CCCN(C(=O)CN2CCN(S(=O)(=O)c3ccccc3F)CC2)C1. The molecule has 0 aromatic heterocycles. The highest BCUT2D eigenvalue weighted by Crippen LogP contribution is 2.21. The van der Waals surface area contributed by atoms with Crippen LogP contribution in [-0.2, 0) is 14.8 Å². The first-order valence-electron chi connectivity index (χ1n) is 9.13. The highest BCUT2D eigenvalue weighted by molar-refractivity contribution is 7.89. The molecule has 8 heteroatoms. The maximum atomic E-state index is 13.9. The third-order valence-corrected chi connectivity index (χ3v) is 7.09. The second-order valence-electron chi connectivity index (χ2n) is 7.20. The van der Waals surface area contributed by atoms with Crippen molar-refractivity contribution in [1.29, 1.82) is 0 Å². The molecule has 2 aliphatic heterocycles. The molecule has 2 aliphatic rings. The quantitative estimate of drug-likeness (QED) is 0.788. The number of halogens is 1. The van der Waals surface area contributed by atoms with Gasteiger partial charge in [-0.15, -0.1) is 0 Å². The molecule has 26 heavy (non-hydrogen) atoms. The van der Waals surface area contributed by atoms with Crippen molar-refractivity contribution >= 4 is 15.9 Å². The van der Waals surface area contributed by atoms with Gasteiger partial charge in [0.2, 0.25) is 15.9 Å². The number of rotatable bonds is 4. The number of piperidine rings is 1. The van der Waals surface area contributed by atoms with Gasteiger partial charge in [-0.2, -0.15) is 4.31 Å². The Morgan fingerprint density at radius 3 is 2.50 bits per heavy atom. The Morgan fingerprint density at radius 1 is 1.15 bits per heavy atom. The summed E-state index contributed by atoms with van der Waals surface area (Å²) in [7, 11) is -3.84. The first-order valence-corrected chi connectivity index (χ1v) is 10.6. The lowest BCUT2D eigenvalue weighted by molar-refractivity contribution is -0.134. The Labute approximate surface area is 154 Å². The molecule has 3 rings (SSSR count). The van der Waals surface area contributed by atoms with E-state index in [1.54, 1.807) is 0 Å². The van der Waals surface area contributed by atoms with Crippen LogP contribution in [0.15, 0.2) is 29.2 Å². The van der Waals surface area contributed by atoms with Crippen molar-refractivity contribution in [2.75, 3.05) is 45.8 Å². The number of hydrogen-bond donors (Lipinski definition) is 0. The normalized spacial score (nSPS) is 23.2. The monoisotopic (exact) mass is 383 g/mol. The van der Waals surface area contributed by atoms with Gasteiger partial charge in [-0.05, 0) is 30.9 Å². The summed E-state index contributed by atoms with van der Waals surface area (Å²) >= 11 is 0. The van der Waals surface area contributed by atoms with Gasteiger partial charge >= 0.3 is 0 Å². The molecule has 2 fully saturated rings. The number of piperazine rings is 1. The molecule has 1 aromatic carbocycles. The van der Waals surface area contributed by atoms with Gasteiger partial charge in [0.25, 0.3) is 0 Å². The number of carbonyl (C=O) groups is 1. The van der Waals surface area contributed by atoms with E-state index in [1.807, 2.05) is 9.80 Å². The standard InChI is InChI=1S/C18H26FN3O3S/c1-15-5-4-8-21(13-15)18(23)14-20-9-11-22(12-10-20)26(24,25)17-7-3-2-6-16(17)19/h2-3,6-7,15H,4-5,8-14H2,1H3/t15-/m1/s1. The fraction of sp³-hybridized carbons (Fsp3) is 0.611. The molecule has 2 heterocycles. The maximum Gasteiger partial charge on any atom is 0.246 e. The van der Waals surface area contributed by atoms with Crippen molar-refractivity contribution in [1.82, 2.24) is 14.1 Å². The minimum Gasteiger partial charge on any atom is -0.341 e. The number of carbonyl (C=O) groups excluding carboxylic acids is 1. The van der Waals surface area contributed by atoms with Crippen LogP contribution in [0.2, 0.25) is 0 Å². The van der Waals surface area contributed by atoms with Crippen molar-refractivity contribution in [3.05, 3.63) is 30.1 Å². The van der Waals surface area contributed by atoms with Gasteiger partial charge in [0.15, 0.2) is 0 Å². The molecule has 0 spiro atoms. The zero-order valence-corrected chi connectivity index (χ0v) is 15.9. The minimum atomic E-state index is -3.84. The summed E-state index contributed by atoms with van der Waals surface area (Å²) in [5.41, 5.74) is 0. The van der Waals surface area contributed by atoms with Gasteiger partial charge < -0.3 is 4.90 Å². The molecule has 6 nitrogen and oxygen atoms in total. The first-order chi connectivity index (χ1) is 12.4. The molecule has 2 saturated heterocycles. The average molecular weight is 383 g/mol. The van der Waals surface area contributed by atoms with E-state index in [4.69, 9.17) is 0 Å². The van der Waals surface area contributed by atoms with E-state index in [1.165, 1.54) is 22.5 Å². The Morgan fingerprint density at radius 2 is 1.85 bits per heavy atom. The molecule has 1 amide bonds. The fourth-order valence-corrected chi connectivity index (χ4v) is 5.12. The zero-order valence-electron chi connectivity index (χ0n) is 15.1. The summed E-state index contributed by atoms with van der Waals surface area (Å²) in [6.45, 7) is 5.57. The minimum absolute atomic E-state index is 0.113. The number of nitrogens with zero attached hydrogens (tertiary/aromatic N) is 3. The summed E-state index contributed by atoms with van der Waals surface area (Å²) in [5, 5.41) is 0. The van der Waals surface area contributed by atoms with Gasteiger partial charge in [0.1, 0.15) is 10.7 Å². The third kappa shape index (κ3) is 4.24. The lowest BCUT2D eigenvalue weighted by atomic mass is 10.0. The predicted octanol–water partition coefficient (Wildman–Crippen LogP) is 1.39. The van der Waals surface area contributed by atoms with Gasteiger partial charge in [-0.1, -0.05) is 19.1 Å². The van der Waals surface area contributed by atoms with E-state index in [0.29, 0.717) is 25.6 Å². The second-order valence-corrected chi connectivity index (χ2v) is 9.10. The van der Waals surface area contributed by atoms with Gasteiger partial charge in [0, 0.05) is 39.3 Å². The van der Waals surface area contributed by atoms with Crippen LogP contribution in [0.4, 0.5) is 4.39 Å². The van der Waals surface area contributed by atoms with Gasteiger partial charge in [0.05, 0.1) is 6.54 Å². The summed E-state index contributed by atoms with van der Waals surface area (Å²) in [6, 6.07) is 5.43. The summed E-state index contributed by atoms with van der Waals surface area (Å²) < 4.78 is 40.4. The molecule has 0 N–H and O–H groups in total. The molecule has 1 aromatic rings. The Kier molecular flexibility index (Phi) is 5.94. The lowest BCUT2D eigenvalue weighted by Gasteiger charge is -2.36. The number of likely N-dealkylation sites (tertiary alicyclic amines) is 1. The van der Waals surface area contributed by atoms with Crippen molar-refractivity contribution in [2.45, 2.75) is 24.7 Å². The second kappa shape index (κ2) is 8.02. The molecule has 0 radical (unpaired) electrons. The smallest absolute Gasteiger partial charge is 0.246 e. The number of sulfonamides is 1. The number of hydrogen-bond acceptors (Lipinski definition) is 4. The summed E-state index contributed by atoms with van der Waals surface area (Å²) in [4.78, 5) is 16.1. The fourth-order valence-electron chi connectivity index (χ4n) is 3.63. The Hall–Kier alpha value is -1.51. The van der Waals surface area contributed by atoms with Crippen molar-refractivity contribution in [2.24, 2.45) is 5.92 Å². The molecular weight excluding hydrogens is 357 g/mol. The van der Waals surface area contributed by atoms with Gasteiger partial charge in [-0.25, -0.2) is 12.8 Å². The number of benzene rings is 1. The highest BCUT2D eigenvalue weighted by atomic mass is 32.2. The van der Waals surface area contributed by atoms with Crippen molar-refractivity contribution in [3.63, 3.8) is 0 Å². The molecule has 0 bridgehead atoms. The van der Waals surface area contributed by atoms with E-state index in [9.17, 15) is 17.6 Å². The van der Waals surface area contributed by atoms with Crippen LogP contribution < -0.4 is 0 Å². The zero-order chi connectivity index (χ0) is 18.7. The number of amides is 1. The van der Waals surface area contributed by atoms with E-state index in [-0.39, 0.29) is 23.9 Å². The topological polar surface area (TPSA) is 60.9 Å². The van der Waals surface area contributed by atoms with Gasteiger partial charge in [-0.3, -0.25) is 9.69 Å². The van der Waals surface area contributed by atoms with Crippen LogP contribution in [0.25, 0.3) is 0 Å². The van der Waals surface area contributed by atoms with Crippen LogP contribution in [0.1, 0.15) is 19.8 Å². The van der Waals surface area contributed by atoms with Crippen LogP contribution in [0.5, 0.6) is 0 Å².